The summed E-state index contributed by atoms with van der Waals surface area (Å²) in [5, 5.41) is 2.33. The number of hydrogen-bond acceptors (Lipinski definition) is 4. The zero-order valence-corrected chi connectivity index (χ0v) is 12.9. The second-order valence-corrected chi connectivity index (χ2v) is 5.52. The zero-order valence-electron chi connectivity index (χ0n) is 12.9. The molecule has 0 spiro atoms. The van der Waals surface area contributed by atoms with E-state index in [4.69, 9.17) is 4.74 Å². The lowest BCUT2D eigenvalue weighted by Gasteiger charge is -2.37. The predicted molar refractivity (Wildman–Crippen MR) is 84.3 cm³/mol. The summed E-state index contributed by atoms with van der Waals surface area (Å²) < 4.78 is 5.92. The summed E-state index contributed by atoms with van der Waals surface area (Å²) in [6.07, 6.45) is 1.38. The van der Waals surface area contributed by atoms with Gasteiger partial charge >= 0.3 is 0 Å². The smallest absolute Gasteiger partial charge is 0.142 e. The highest BCUT2D eigenvalue weighted by atomic mass is 16.5. The Morgan fingerprint density at radius 3 is 2.50 bits per heavy atom. The van der Waals surface area contributed by atoms with E-state index in [1.807, 2.05) is 6.07 Å². The van der Waals surface area contributed by atoms with Crippen LogP contribution in [0.4, 0.5) is 5.69 Å². The first-order valence-electron chi connectivity index (χ1n) is 7.69. The van der Waals surface area contributed by atoms with Crippen LogP contribution in [0.1, 0.15) is 27.2 Å². The molecule has 0 unspecified atom stereocenters. The Hall–Kier alpha value is -1.26. The molecule has 0 radical (unpaired) electrons. The van der Waals surface area contributed by atoms with E-state index >= 15 is 0 Å². The van der Waals surface area contributed by atoms with Crippen LogP contribution in [-0.4, -0.2) is 43.8 Å². The van der Waals surface area contributed by atoms with E-state index in [0.29, 0.717) is 0 Å². The molecule has 1 fully saturated rings. The summed E-state index contributed by atoms with van der Waals surface area (Å²) in [4.78, 5) is 2.42. The molecule has 1 heterocycles. The Morgan fingerprint density at radius 1 is 1.15 bits per heavy atom. The Labute approximate surface area is 122 Å². The van der Waals surface area contributed by atoms with Gasteiger partial charge in [0, 0.05) is 32.7 Å². The maximum absolute atomic E-state index is 5.92. The maximum Gasteiger partial charge on any atom is 0.142 e. The number of piperazine rings is 1. The van der Waals surface area contributed by atoms with Crippen LogP contribution in [0.3, 0.4) is 0 Å². The molecule has 0 aromatic heterocycles. The van der Waals surface area contributed by atoms with E-state index in [9.17, 15) is 0 Å². The van der Waals surface area contributed by atoms with Crippen molar-refractivity contribution in [3.8, 4) is 5.75 Å². The van der Waals surface area contributed by atoms with Crippen LogP contribution in [0.5, 0.6) is 5.75 Å². The van der Waals surface area contributed by atoms with E-state index in [2.05, 4.69) is 54.3 Å². The summed E-state index contributed by atoms with van der Waals surface area (Å²) in [7, 11) is 0. The third kappa shape index (κ3) is 4.12. The minimum Gasteiger partial charge on any atom is -0.489 e. The number of nitrogens with one attached hydrogen (secondary N) is 1. The van der Waals surface area contributed by atoms with Crippen molar-refractivity contribution in [3.63, 3.8) is 0 Å². The second-order valence-electron chi connectivity index (χ2n) is 5.52. The van der Waals surface area contributed by atoms with Crippen molar-refractivity contribution in [2.24, 2.45) is 0 Å². The minimum atomic E-state index is 0.212. The van der Waals surface area contributed by atoms with Crippen molar-refractivity contribution < 1.29 is 4.74 Å². The van der Waals surface area contributed by atoms with Gasteiger partial charge in [0.05, 0.1) is 11.8 Å². The van der Waals surface area contributed by atoms with Gasteiger partial charge in [-0.1, -0.05) is 19.1 Å². The summed E-state index contributed by atoms with van der Waals surface area (Å²) in [6, 6.07) is 8.36. The molecule has 0 saturated carbocycles. The largest absolute Gasteiger partial charge is 0.489 e. The molecule has 112 valence electrons. The first kappa shape index (κ1) is 15.1. The molecule has 0 aliphatic carbocycles. The average molecular weight is 277 g/mol. The van der Waals surface area contributed by atoms with Crippen molar-refractivity contribution >= 4 is 5.69 Å². The standard InChI is InChI=1S/C16H27N3O/c1-4-9-17-19-12-10-18(11-13-19)15-7-5-6-8-16(15)20-14(2)3/h5-8,14,17H,4,9-13H2,1-3H3. The van der Waals surface area contributed by atoms with Gasteiger partial charge in [-0.3, -0.25) is 5.43 Å². The molecule has 20 heavy (non-hydrogen) atoms. The van der Waals surface area contributed by atoms with Crippen molar-refractivity contribution in [2.45, 2.75) is 33.3 Å². The lowest BCUT2D eigenvalue weighted by molar-refractivity contribution is 0.176. The number of para-hydroxylation sites is 2. The van der Waals surface area contributed by atoms with Gasteiger partial charge in [-0.2, -0.15) is 0 Å². The lowest BCUT2D eigenvalue weighted by atomic mass is 10.2. The first-order valence-corrected chi connectivity index (χ1v) is 7.69. The normalized spacial score (nSPS) is 16.7. The van der Waals surface area contributed by atoms with Crippen molar-refractivity contribution in [1.82, 2.24) is 10.4 Å². The van der Waals surface area contributed by atoms with Gasteiger partial charge in [0.2, 0.25) is 0 Å². The number of hydrogen-bond donors (Lipinski definition) is 1. The Kier molecular flexibility index (Phi) is 5.68. The molecule has 4 nitrogen and oxygen atoms in total. The van der Waals surface area contributed by atoms with E-state index in [-0.39, 0.29) is 6.10 Å². The molecule has 1 aromatic rings. The molecule has 1 aliphatic heterocycles. The highest BCUT2D eigenvalue weighted by Crippen LogP contribution is 2.29. The third-order valence-corrected chi connectivity index (χ3v) is 3.43. The van der Waals surface area contributed by atoms with Crippen molar-refractivity contribution in [3.05, 3.63) is 24.3 Å². The van der Waals surface area contributed by atoms with E-state index < -0.39 is 0 Å². The number of ether oxygens (including phenoxy) is 1. The average Bonchev–Trinajstić information content (AvgIpc) is 2.46. The molecule has 0 atom stereocenters. The second kappa shape index (κ2) is 7.50. The maximum atomic E-state index is 5.92. The molecule has 1 aromatic carbocycles. The van der Waals surface area contributed by atoms with Gasteiger partial charge < -0.3 is 9.64 Å². The SMILES string of the molecule is CCCNN1CCN(c2ccccc2OC(C)C)CC1. The summed E-state index contributed by atoms with van der Waals surface area (Å²) in [6.45, 7) is 11.6. The molecule has 1 aliphatic rings. The molecule has 0 amide bonds. The van der Waals surface area contributed by atoms with Crippen LogP contribution in [0, 0.1) is 0 Å². The van der Waals surface area contributed by atoms with Crippen LogP contribution in [0.25, 0.3) is 0 Å². The monoisotopic (exact) mass is 277 g/mol. The highest BCUT2D eigenvalue weighted by Gasteiger charge is 2.19. The molecule has 2 rings (SSSR count). The minimum absolute atomic E-state index is 0.212. The molecule has 1 N–H and O–H groups in total. The van der Waals surface area contributed by atoms with Crippen LogP contribution < -0.4 is 15.1 Å². The molecule has 1 saturated heterocycles. The van der Waals surface area contributed by atoms with E-state index in [1.165, 1.54) is 12.1 Å². The summed E-state index contributed by atoms with van der Waals surface area (Å²) in [5.74, 6) is 0.998. The fraction of sp³-hybridized carbons (Fsp3) is 0.625. The van der Waals surface area contributed by atoms with Crippen LogP contribution in [-0.2, 0) is 0 Å². The molecule has 0 bridgehead atoms. The van der Waals surface area contributed by atoms with Crippen LogP contribution >= 0.6 is 0 Å². The van der Waals surface area contributed by atoms with E-state index in [0.717, 1.165) is 38.5 Å². The van der Waals surface area contributed by atoms with Gasteiger partial charge in [-0.25, -0.2) is 5.01 Å². The van der Waals surface area contributed by atoms with Crippen LogP contribution in [0.15, 0.2) is 24.3 Å². The third-order valence-electron chi connectivity index (χ3n) is 3.43. The number of benzene rings is 1. The molecular weight excluding hydrogens is 250 g/mol. The van der Waals surface area contributed by atoms with Gasteiger partial charge in [0.25, 0.3) is 0 Å². The number of anilines is 1. The summed E-state index contributed by atoms with van der Waals surface area (Å²) >= 11 is 0. The Bertz CT molecular complexity index is 400. The van der Waals surface area contributed by atoms with Gasteiger partial charge in [-0.05, 0) is 32.4 Å². The van der Waals surface area contributed by atoms with Crippen LogP contribution in [0.2, 0.25) is 0 Å². The lowest BCUT2D eigenvalue weighted by Crippen LogP contribution is -2.52. The number of hydrazine groups is 1. The quantitative estimate of drug-likeness (QED) is 0.864. The fourth-order valence-electron chi connectivity index (χ4n) is 2.45. The Balaban J connectivity index is 1.96. The van der Waals surface area contributed by atoms with Gasteiger partial charge in [-0.15, -0.1) is 0 Å². The zero-order chi connectivity index (χ0) is 14.4. The Morgan fingerprint density at radius 2 is 1.85 bits per heavy atom. The summed E-state index contributed by atoms with van der Waals surface area (Å²) in [5.41, 5.74) is 4.68. The number of rotatable bonds is 6. The van der Waals surface area contributed by atoms with E-state index in [1.54, 1.807) is 0 Å². The molecular formula is C16H27N3O. The highest BCUT2D eigenvalue weighted by molar-refractivity contribution is 5.58. The predicted octanol–water partition coefficient (Wildman–Crippen LogP) is 2.51. The molecule has 4 heteroatoms. The number of nitrogens with zero attached hydrogens (tertiary/aromatic N) is 2. The van der Waals surface area contributed by atoms with Gasteiger partial charge in [0.1, 0.15) is 5.75 Å². The first-order chi connectivity index (χ1) is 9.70. The van der Waals surface area contributed by atoms with Crippen molar-refractivity contribution in [1.29, 1.82) is 0 Å². The van der Waals surface area contributed by atoms with Crippen molar-refractivity contribution in [2.75, 3.05) is 37.6 Å². The van der Waals surface area contributed by atoms with Gasteiger partial charge in [0.15, 0.2) is 0 Å². The fourth-order valence-corrected chi connectivity index (χ4v) is 2.45. The topological polar surface area (TPSA) is 27.7 Å².